The van der Waals surface area contributed by atoms with Gasteiger partial charge in [-0.25, -0.2) is 4.98 Å². The van der Waals surface area contributed by atoms with E-state index in [1.807, 2.05) is 12.1 Å². The summed E-state index contributed by atoms with van der Waals surface area (Å²) in [5.41, 5.74) is 9.94. The number of hydrogen-bond acceptors (Lipinski definition) is 2. The third-order valence-electron chi connectivity index (χ3n) is 3.86. The van der Waals surface area contributed by atoms with Crippen LogP contribution in [-0.4, -0.2) is 9.55 Å². The van der Waals surface area contributed by atoms with Gasteiger partial charge in [0, 0.05) is 6.54 Å². The van der Waals surface area contributed by atoms with Crippen molar-refractivity contribution >= 4 is 11.0 Å². The maximum Gasteiger partial charge on any atom is 0.127 e. The molecule has 0 aliphatic carbocycles. The Morgan fingerprint density at radius 1 is 1.00 bits per heavy atom. The highest BCUT2D eigenvalue weighted by Crippen LogP contribution is 2.23. The van der Waals surface area contributed by atoms with E-state index in [-0.39, 0.29) is 6.04 Å². The van der Waals surface area contributed by atoms with Crippen LogP contribution < -0.4 is 5.73 Å². The average molecular weight is 293 g/mol. The number of rotatable bonds is 5. The minimum Gasteiger partial charge on any atom is -0.326 e. The molecule has 0 amide bonds. The minimum absolute atomic E-state index is 0.0893. The second kappa shape index (κ2) is 6.32. The van der Waals surface area contributed by atoms with E-state index >= 15 is 0 Å². The number of para-hydroxylation sites is 2. The fourth-order valence-electron chi connectivity index (χ4n) is 2.89. The van der Waals surface area contributed by atoms with E-state index in [9.17, 15) is 0 Å². The molecular weight excluding hydrogens is 270 g/mol. The van der Waals surface area contributed by atoms with Crippen molar-refractivity contribution in [3.8, 4) is 0 Å². The van der Waals surface area contributed by atoms with Gasteiger partial charge in [0.25, 0.3) is 0 Å². The fraction of sp³-hybridized carbons (Fsp3) is 0.316. The summed E-state index contributed by atoms with van der Waals surface area (Å²) in [6.07, 6.45) is 0.808. The molecule has 2 aromatic carbocycles. The van der Waals surface area contributed by atoms with Crippen LogP contribution in [0.2, 0.25) is 0 Å². The Balaban J connectivity index is 1.98. The van der Waals surface area contributed by atoms with Gasteiger partial charge in [0.2, 0.25) is 0 Å². The molecule has 1 unspecified atom stereocenters. The van der Waals surface area contributed by atoms with Crippen LogP contribution in [0.3, 0.4) is 0 Å². The van der Waals surface area contributed by atoms with Crippen LogP contribution in [0.1, 0.15) is 31.3 Å². The third kappa shape index (κ3) is 3.04. The van der Waals surface area contributed by atoms with Crippen LogP contribution in [0.5, 0.6) is 0 Å². The van der Waals surface area contributed by atoms with Crippen molar-refractivity contribution in [2.75, 3.05) is 0 Å². The molecule has 3 aromatic rings. The lowest BCUT2D eigenvalue weighted by Crippen LogP contribution is -2.20. The molecule has 3 rings (SSSR count). The van der Waals surface area contributed by atoms with Gasteiger partial charge in [0.1, 0.15) is 5.82 Å². The van der Waals surface area contributed by atoms with Gasteiger partial charge in [-0.15, -0.1) is 0 Å². The molecule has 0 fully saturated rings. The fourth-order valence-corrected chi connectivity index (χ4v) is 2.89. The standard InChI is InChI=1S/C19H23N3/c1-14(2)13-22-18-11-7-6-10-17(18)21-19(22)16(20)12-15-8-4-3-5-9-15/h3-11,14,16H,12-13,20H2,1-2H3. The summed E-state index contributed by atoms with van der Waals surface area (Å²) in [4.78, 5) is 4.80. The zero-order valence-corrected chi connectivity index (χ0v) is 13.2. The van der Waals surface area contributed by atoms with Gasteiger partial charge in [-0.3, -0.25) is 0 Å². The molecule has 3 heteroatoms. The first-order chi connectivity index (χ1) is 10.6. The topological polar surface area (TPSA) is 43.8 Å². The van der Waals surface area contributed by atoms with Crippen molar-refractivity contribution in [2.24, 2.45) is 11.7 Å². The number of hydrogen-bond donors (Lipinski definition) is 1. The Kier molecular flexibility index (Phi) is 4.25. The van der Waals surface area contributed by atoms with E-state index in [1.165, 1.54) is 11.1 Å². The lowest BCUT2D eigenvalue weighted by molar-refractivity contribution is 0.497. The SMILES string of the molecule is CC(C)Cn1c(C(N)Cc2ccccc2)nc2ccccc21. The summed E-state index contributed by atoms with van der Waals surface area (Å²) in [6.45, 7) is 5.39. The Labute approximate surface area is 131 Å². The largest absolute Gasteiger partial charge is 0.326 e. The number of aromatic nitrogens is 2. The first kappa shape index (κ1) is 14.8. The van der Waals surface area contributed by atoms with E-state index in [0.29, 0.717) is 5.92 Å². The van der Waals surface area contributed by atoms with Crippen molar-refractivity contribution in [1.29, 1.82) is 0 Å². The molecule has 0 saturated heterocycles. The Hall–Kier alpha value is -2.13. The van der Waals surface area contributed by atoms with Crippen LogP contribution in [0.25, 0.3) is 11.0 Å². The molecule has 0 bridgehead atoms. The highest BCUT2D eigenvalue weighted by atomic mass is 15.1. The van der Waals surface area contributed by atoms with Crippen LogP contribution in [0.15, 0.2) is 54.6 Å². The molecule has 0 saturated carbocycles. The van der Waals surface area contributed by atoms with Gasteiger partial charge in [-0.05, 0) is 30.0 Å². The number of benzene rings is 2. The molecule has 0 radical (unpaired) electrons. The lowest BCUT2D eigenvalue weighted by atomic mass is 10.1. The summed E-state index contributed by atoms with van der Waals surface area (Å²) in [6, 6.07) is 18.6. The number of nitrogens with two attached hydrogens (primary N) is 1. The predicted octanol–water partition coefficient (Wildman–Crippen LogP) is 3.93. The molecule has 1 aromatic heterocycles. The Bertz CT molecular complexity index is 744. The summed E-state index contributed by atoms with van der Waals surface area (Å²) < 4.78 is 2.29. The zero-order valence-electron chi connectivity index (χ0n) is 13.2. The molecule has 1 atom stereocenters. The Morgan fingerprint density at radius 3 is 2.41 bits per heavy atom. The van der Waals surface area contributed by atoms with Crippen molar-refractivity contribution in [1.82, 2.24) is 9.55 Å². The van der Waals surface area contributed by atoms with Crippen molar-refractivity contribution in [3.05, 3.63) is 66.0 Å². The van der Waals surface area contributed by atoms with Crippen LogP contribution in [0.4, 0.5) is 0 Å². The highest BCUT2D eigenvalue weighted by Gasteiger charge is 2.17. The molecular formula is C19H23N3. The van der Waals surface area contributed by atoms with Crippen molar-refractivity contribution in [3.63, 3.8) is 0 Å². The van der Waals surface area contributed by atoms with Crippen LogP contribution >= 0.6 is 0 Å². The number of imidazole rings is 1. The average Bonchev–Trinajstić information content (AvgIpc) is 2.87. The van der Waals surface area contributed by atoms with E-state index < -0.39 is 0 Å². The summed E-state index contributed by atoms with van der Waals surface area (Å²) >= 11 is 0. The number of fused-ring (bicyclic) bond motifs is 1. The molecule has 22 heavy (non-hydrogen) atoms. The second-order valence-electron chi connectivity index (χ2n) is 6.26. The maximum absolute atomic E-state index is 6.48. The van der Waals surface area contributed by atoms with Gasteiger partial charge in [0.05, 0.1) is 17.1 Å². The molecule has 3 nitrogen and oxygen atoms in total. The van der Waals surface area contributed by atoms with Crippen LogP contribution in [0, 0.1) is 5.92 Å². The van der Waals surface area contributed by atoms with E-state index in [0.717, 1.165) is 24.3 Å². The zero-order chi connectivity index (χ0) is 15.5. The molecule has 0 spiro atoms. The van der Waals surface area contributed by atoms with E-state index in [1.54, 1.807) is 0 Å². The third-order valence-corrected chi connectivity index (χ3v) is 3.86. The minimum atomic E-state index is -0.0893. The molecule has 114 valence electrons. The molecule has 0 aliphatic rings. The Morgan fingerprint density at radius 2 is 1.68 bits per heavy atom. The van der Waals surface area contributed by atoms with E-state index in [2.05, 4.69) is 60.9 Å². The van der Waals surface area contributed by atoms with Crippen LogP contribution in [-0.2, 0) is 13.0 Å². The first-order valence-electron chi connectivity index (χ1n) is 7.90. The molecule has 0 aliphatic heterocycles. The summed E-state index contributed by atoms with van der Waals surface area (Å²) in [5, 5.41) is 0. The monoisotopic (exact) mass is 293 g/mol. The highest BCUT2D eigenvalue weighted by molar-refractivity contribution is 5.76. The normalized spacial score (nSPS) is 12.9. The van der Waals surface area contributed by atoms with Gasteiger partial charge < -0.3 is 10.3 Å². The first-order valence-corrected chi connectivity index (χ1v) is 7.90. The van der Waals surface area contributed by atoms with Gasteiger partial charge >= 0.3 is 0 Å². The summed E-state index contributed by atoms with van der Waals surface area (Å²) in [7, 11) is 0. The van der Waals surface area contributed by atoms with Gasteiger partial charge in [-0.1, -0.05) is 56.3 Å². The summed E-state index contributed by atoms with van der Waals surface area (Å²) in [5.74, 6) is 1.54. The lowest BCUT2D eigenvalue weighted by Gasteiger charge is -2.16. The van der Waals surface area contributed by atoms with Gasteiger partial charge in [-0.2, -0.15) is 0 Å². The second-order valence-corrected chi connectivity index (χ2v) is 6.26. The smallest absolute Gasteiger partial charge is 0.127 e. The maximum atomic E-state index is 6.48. The van der Waals surface area contributed by atoms with Crippen molar-refractivity contribution in [2.45, 2.75) is 32.9 Å². The number of nitrogens with zero attached hydrogens (tertiary/aromatic N) is 2. The van der Waals surface area contributed by atoms with Crippen molar-refractivity contribution < 1.29 is 0 Å². The predicted molar refractivity (Wildman–Crippen MR) is 91.6 cm³/mol. The van der Waals surface area contributed by atoms with E-state index in [4.69, 9.17) is 10.7 Å². The molecule has 2 N–H and O–H groups in total. The quantitative estimate of drug-likeness (QED) is 0.774. The van der Waals surface area contributed by atoms with Gasteiger partial charge in [0.15, 0.2) is 0 Å². The molecule has 1 heterocycles.